The van der Waals surface area contributed by atoms with Crippen molar-refractivity contribution in [2.45, 2.75) is 26.7 Å². The highest BCUT2D eigenvalue weighted by molar-refractivity contribution is 7.92. The summed E-state index contributed by atoms with van der Waals surface area (Å²) in [6.07, 6.45) is 1.56. The van der Waals surface area contributed by atoms with Crippen molar-refractivity contribution in [3.8, 4) is 0 Å². The number of amides is 1. The number of hydrogen-bond acceptors (Lipinski definition) is 3. The molecule has 1 saturated heterocycles. The predicted octanol–water partition coefficient (Wildman–Crippen LogP) is 3.49. The zero-order valence-electron chi connectivity index (χ0n) is 14.5. The van der Waals surface area contributed by atoms with E-state index in [9.17, 15) is 13.2 Å². The SMILES string of the molecule is Cc1ccc(NC(=O)c2ccc(N3CCCCS3(=O)=O)c(C)c2)cc1. The lowest BCUT2D eigenvalue weighted by atomic mass is 10.1. The minimum Gasteiger partial charge on any atom is -0.322 e. The number of nitrogens with zero attached hydrogens (tertiary/aromatic N) is 1. The number of carbonyl (C=O) groups is 1. The van der Waals surface area contributed by atoms with Crippen molar-refractivity contribution < 1.29 is 13.2 Å². The first-order valence-electron chi connectivity index (χ1n) is 8.36. The van der Waals surface area contributed by atoms with E-state index < -0.39 is 10.0 Å². The van der Waals surface area contributed by atoms with E-state index in [0.717, 1.165) is 23.2 Å². The molecule has 25 heavy (non-hydrogen) atoms. The molecule has 6 heteroatoms. The van der Waals surface area contributed by atoms with Crippen molar-refractivity contribution in [2.24, 2.45) is 0 Å². The summed E-state index contributed by atoms with van der Waals surface area (Å²) in [6.45, 7) is 4.32. The zero-order valence-corrected chi connectivity index (χ0v) is 15.3. The van der Waals surface area contributed by atoms with E-state index in [4.69, 9.17) is 0 Å². The van der Waals surface area contributed by atoms with Crippen LogP contribution in [0.5, 0.6) is 0 Å². The summed E-state index contributed by atoms with van der Waals surface area (Å²) in [6, 6.07) is 12.7. The number of anilines is 2. The van der Waals surface area contributed by atoms with Gasteiger partial charge in [0.2, 0.25) is 10.0 Å². The molecule has 1 amide bonds. The van der Waals surface area contributed by atoms with Gasteiger partial charge in [-0.1, -0.05) is 17.7 Å². The number of nitrogens with one attached hydrogen (secondary N) is 1. The van der Waals surface area contributed by atoms with Gasteiger partial charge in [-0.3, -0.25) is 9.10 Å². The van der Waals surface area contributed by atoms with Crippen LogP contribution in [0.25, 0.3) is 0 Å². The molecule has 0 unspecified atom stereocenters. The summed E-state index contributed by atoms with van der Waals surface area (Å²) in [5.74, 6) is -0.0257. The highest BCUT2D eigenvalue weighted by atomic mass is 32.2. The number of aryl methyl sites for hydroxylation is 2. The van der Waals surface area contributed by atoms with Gasteiger partial charge >= 0.3 is 0 Å². The third-order valence-electron chi connectivity index (χ3n) is 4.39. The molecule has 3 rings (SSSR count). The molecule has 0 aliphatic carbocycles. The van der Waals surface area contributed by atoms with E-state index in [0.29, 0.717) is 24.2 Å². The smallest absolute Gasteiger partial charge is 0.255 e. The van der Waals surface area contributed by atoms with Crippen LogP contribution in [0.3, 0.4) is 0 Å². The molecule has 132 valence electrons. The fourth-order valence-corrected chi connectivity index (χ4v) is 4.68. The summed E-state index contributed by atoms with van der Waals surface area (Å²) >= 11 is 0. The van der Waals surface area contributed by atoms with Gasteiger partial charge in [0, 0.05) is 17.8 Å². The van der Waals surface area contributed by atoms with Crippen LogP contribution in [0.15, 0.2) is 42.5 Å². The molecule has 0 spiro atoms. The molecule has 0 saturated carbocycles. The summed E-state index contributed by atoms with van der Waals surface area (Å²) in [7, 11) is -3.25. The second-order valence-corrected chi connectivity index (χ2v) is 8.43. The maximum atomic E-state index is 12.4. The molecule has 2 aromatic carbocycles. The van der Waals surface area contributed by atoms with Crippen LogP contribution in [0, 0.1) is 13.8 Å². The Kier molecular flexibility index (Phi) is 4.81. The summed E-state index contributed by atoms with van der Waals surface area (Å²) < 4.78 is 26.0. The number of rotatable bonds is 3. The third kappa shape index (κ3) is 3.85. The fourth-order valence-electron chi connectivity index (χ4n) is 2.98. The Morgan fingerprint density at radius 3 is 2.40 bits per heavy atom. The molecule has 1 fully saturated rings. The first-order chi connectivity index (χ1) is 11.9. The van der Waals surface area contributed by atoms with E-state index >= 15 is 0 Å². The lowest BCUT2D eigenvalue weighted by molar-refractivity contribution is 0.102. The summed E-state index contributed by atoms with van der Waals surface area (Å²) in [5, 5.41) is 2.86. The van der Waals surface area contributed by atoms with Crippen molar-refractivity contribution in [1.82, 2.24) is 0 Å². The van der Waals surface area contributed by atoms with E-state index in [1.807, 2.05) is 38.1 Å². The monoisotopic (exact) mass is 358 g/mol. The van der Waals surface area contributed by atoms with Crippen LogP contribution >= 0.6 is 0 Å². The average molecular weight is 358 g/mol. The second-order valence-electron chi connectivity index (χ2n) is 6.42. The molecule has 5 nitrogen and oxygen atoms in total. The van der Waals surface area contributed by atoms with Gasteiger partial charge in [0.1, 0.15) is 0 Å². The van der Waals surface area contributed by atoms with E-state index in [1.54, 1.807) is 18.2 Å². The van der Waals surface area contributed by atoms with E-state index in [2.05, 4.69) is 5.32 Å². The van der Waals surface area contributed by atoms with Gasteiger partial charge in [-0.15, -0.1) is 0 Å². The second kappa shape index (κ2) is 6.88. The maximum absolute atomic E-state index is 12.4. The Morgan fingerprint density at radius 2 is 1.76 bits per heavy atom. The van der Waals surface area contributed by atoms with Gasteiger partial charge in [0.15, 0.2) is 0 Å². The molecule has 0 aromatic heterocycles. The quantitative estimate of drug-likeness (QED) is 0.913. The Hall–Kier alpha value is -2.34. The Balaban J connectivity index is 1.81. The van der Waals surface area contributed by atoms with Crippen molar-refractivity contribution in [3.05, 3.63) is 59.2 Å². The summed E-state index contributed by atoms with van der Waals surface area (Å²) in [5.41, 5.74) is 3.81. The van der Waals surface area contributed by atoms with Gasteiger partial charge in [-0.05, 0) is 62.6 Å². The molecule has 0 bridgehead atoms. The number of hydrogen-bond donors (Lipinski definition) is 1. The topological polar surface area (TPSA) is 66.5 Å². The zero-order chi connectivity index (χ0) is 18.0. The molecular formula is C19H22N2O3S. The van der Waals surface area contributed by atoms with E-state index in [1.165, 1.54) is 4.31 Å². The van der Waals surface area contributed by atoms with Crippen LogP contribution in [0.4, 0.5) is 11.4 Å². The average Bonchev–Trinajstić information content (AvgIpc) is 2.57. The number of benzene rings is 2. The van der Waals surface area contributed by atoms with Gasteiger partial charge in [-0.25, -0.2) is 8.42 Å². The first-order valence-corrected chi connectivity index (χ1v) is 9.97. The number of carbonyl (C=O) groups excluding carboxylic acids is 1. The molecule has 1 heterocycles. The largest absolute Gasteiger partial charge is 0.322 e. The maximum Gasteiger partial charge on any atom is 0.255 e. The fraction of sp³-hybridized carbons (Fsp3) is 0.316. The minimum absolute atomic E-state index is 0.183. The Morgan fingerprint density at radius 1 is 1.04 bits per heavy atom. The molecule has 1 aliphatic rings. The summed E-state index contributed by atoms with van der Waals surface area (Å²) in [4.78, 5) is 12.4. The number of sulfonamides is 1. The van der Waals surface area contributed by atoms with Crippen molar-refractivity contribution in [1.29, 1.82) is 0 Å². The third-order valence-corrected chi connectivity index (χ3v) is 6.24. The molecule has 0 radical (unpaired) electrons. The lowest BCUT2D eigenvalue weighted by Crippen LogP contribution is -2.38. The van der Waals surface area contributed by atoms with Crippen molar-refractivity contribution in [3.63, 3.8) is 0 Å². The molecule has 2 aromatic rings. The molecule has 1 N–H and O–H groups in total. The first kappa shape index (κ1) is 17.5. The van der Waals surface area contributed by atoms with Crippen LogP contribution in [0.1, 0.15) is 34.3 Å². The highest BCUT2D eigenvalue weighted by Crippen LogP contribution is 2.27. The predicted molar refractivity (Wildman–Crippen MR) is 101 cm³/mol. The van der Waals surface area contributed by atoms with Crippen LogP contribution in [-0.4, -0.2) is 26.6 Å². The van der Waals surface area contributed by atoms with Crippen LogP contribution < -0.4 is 9.62 Å². The Labute approximate surface area is 148 Å². The van der Waals surface area contributed by atoms with Crippen LogP contribution in [-0.2, 0) is 10.0 Å². The van der Waals surface area contributed by atoms with Crippen LogP contribution in [0.2, 0.25) is 0 Å². The standard InChI is InChI=1S/C19H22N2O3S/c1-14-5-8-17(9-6-14)20-19(22)16-7-10-18(15(2)13-16)21-11-3-4-12-25(21,23)24/h5-10,13H,3-4,11-12H2,1-2H3,(H,20,22). The van der Waals surface area contributed by atoms with Gasteiger partial charge in [-0.2, -0.15) is 0 Å². The minimum atomic E-state index is -3.25. The van der Waals surface area contributed by atoms with Crippen molar-refractivity contribution in [2.75, 3.05) is 21.9 Å². The molecular weight excluding hydrogens is 336 g/mol. The van der Waals surface area contributed by atoms with Crippen molar-refractivity contribution >= 4 is 27.3 Å². The molecule has 1 aliphatic heterocycles. The normalized spacial score (nSPS) is 16.5. The highest BCUT2D eigenvalue weighted by Gasteiger charge is 2.27. The van der Waals surface area contributed by atoms with Gasteiger partial charge < -0.3 is 5.32 Å². The lowest BCUT2D eigenvalue weighted by Gasteiger charge is -2.29. The Bertz CT molecular complexity index is 889. The van der Waals surface area contributed by atoms with Gasteiger partial charge in [0.25, 0.3) is 5.91 Å². The van der Waals surface area contributed by atoms with Gasteiger partial charge in [0.05, 0.1) is 11.4 Å². The van der Waals surface area contributed by atoms with E-state index in [-0.39, 0.29) is 11.7 Å². The molecule has 0 atom stereocenters.